The summed E-state index contributed by atoms with van der Waals surface area (Å²) in [5, 5.41) is 1.36. The first kappa shape index (κ1) is 20.3. The minimum absolute atomic E-state index is 0. The van der Waals surface area contributed by atoms with Gasteiger partial charge in [0, 0.05) is 5.41 Å². The fourth-order valence-corrected chi connectivity index (χ4v) is 8.21. The van der Waals surface area contributed by atoms with Gasteiger partial charge in [0.05, 0.1) is 0 Å². The van der Waals surface area contributed by atoms with Gasteiger partial charge in [-0.25, -0.2) is 0 Å². The van der Waals surface area contributed by atoms with Crippen LogP contribution in [0.3, 0.4) is 0 Å². The molecule has 2 aliphatic rings. The van der Waals surface area contributed by atoms with Gasteiger partial charge in [-0.3, -0.25) is 0 Å². The van der Waals surface area contributed by atoms with E-state index < -0.39 is 20.9 Å². The van der Waals surface area contributed by atoms with Gasteiger partial charge >= 0.3 is 59.1 Å². The number of hydrogen-bond acceptors (Lipinski definition) is 3. The molecule has 0 saturated heterocycles. The summed E-state index contributed by atoms with van der Waals surface area (Å²) < 4.78 is 11.4. The molecule has 2 atom stereocenters. The van der Waals surface area contributed by atoms with Crippen molar-refractivity contribution < 1.29 is 73.5 Å². The quantitative estimate of drug-likeness (QED) is 0.419. The second-order valence-corrected chi connectivity index (χ2v) is 8.75. The van der Waals surface area contributed by atoms with Crippen molar-refractivity contribution in [2.45, 2.75) is 13.8 Å². The van der Waals surface area contributed by atoms with Crippen molar-refractivity contribution >= 4 is 20.8 Å². The standard InChI is InChI=1S/C14H16O3P2.2Na/c1-10-13(11-6-4-3-5-7-11)18-8-12(19(15,16)17)14(10,2)9-18;;/h3-8H,9H2,1-2H3,(H2,15,16,17);;/q;2*+1/p-2. The van der Waals surface area contributed by atoms with E-state index in [2.05, 4.69) is 0 Å². The van der Waals surface area contributed by atoms with Crippen molar-refractivity contribution in [1.82, 2.24) is 0 Å². The Morgan fingerprint density at radius 1 is 1.19 bits per heavy atom. The summed E-state index contributed by atoms with van der Waals surface area (Å²) in [6.07, 6.45) is 0.766. The Kier molecular flexibility index (Phi) is 6.81. The van der Waals surface area contributed by atoms with Gasteiger partial charge in [0.25, 0.3) is 0 Å². The first-order chi connectivity index (χ1) is 8.84. The molecule has 3 rings (SSSR count). The van der Waals surface area contributed by atoms with Crippen LogP contribution in [0.2, 0.25) is 0 Å². The van der Waals surface area contributed by atoms with E-state index in [0.29, 0.717) is 0 Å². The number of benzene rings is 1. The van der Waals surface area contributed by atoms with E-state index in [0.717, 1.165) is 17.3 Å². The summed E-state index contributed by atoms with van der Waals surface area (Å²) in [6, 6.07) is 10.0. The molecule has 0 spiro atoms. The minimum atomic E-state index is -4.63. The van der Waals surface area contributed by atoms with Crippen LogP contribution in [0.5, 0.6) is 0 Å². The van der Waals surface area contributed by atoms with E-state index in [9.17, 15) is 14.4 Å². The summed E-state index contributed by atoms with van der Waals surface area (Å²) in [7, 11) is -5.29. The summed E-state index contributed by atoms with van der Waals surface area (Å²) in [5.41, 5.74) is 1.63. The van der Waals surface area contributed by atoms with E-state index in [4.69, 9.17) is 0 Å². The monoisotopic (exact) mass is 338 g/mol. The Morgan fingerprint density at radius 2 is 1.76 bits per heavy atom. The average molecular weight is 338 g/mol. The molecule has 0 radical (unpaired) electrons. The van der Waals surface area contributed by atoms with Gasteiger partial charge in [-0.2, -0.15) is 0 Å². The molecule has 3 nitrogen and oxygen atoms in total. The van der Waals surface area contributed by atoms with Crippen LogP contribution in [0.25, 0.3) is 5.31 Å². The van der Waals surface area contributed by atoms with E-state index in [1.165, 1.54) is 5.31 Å². The average Bonchev–Trinajstić information content (AvgIpc) is 2.80. The molecule has 2 aliphatic heterocycles. The van der Waals surface area contributed by atoms with Crippen molar-refractivity contribution in [2.75, 3.05) is 6.16 Å². The maximum atomic E-state index is 11.4. The predicted molar refractivity (Wildman–Crippen MR) is 74.6 cm³/mol. The molecule has 100 valence electrons. The van der Waals surface area contributed by atoms with Crippen molar-refractivity contribution in [3.8, 4) is 0 Å². The molecule has 2 bridgehead atoms. The summed E-state index contributed by atoms with van der Waals surface area (Å²) >= 11 is 0. The maximum absolute atomic E-state index is 11.4. The van der Waals surface area contributed by atoms with Crippen LogP contribution in [0.4, 0.5) is 0 Å². The van der Waals surface area contributed by atoms with Crippen LogP contribution in [0.15, 0.2) is 47.0 Å². The van der Waals surface area contributed by atoms with Gasteiger partial charge < -0.3 is 14.4 Å². The summed E-state index contributed by atoms with van der Waals surface area (Å²) in [4.78, 5) is 22.8. The van der Waals surface area contributed by atoms with E-state index in [-0.39, 0.29) is 64.4 Å². The summed E-state index contributed by atoms with van der Waals surface area (Å²) in [6.45, 7) is 3.85. The Hall–Kier alpha value is 1.28. The summed E-state index contributed by atoms with van der Waals surface area (Å²) in [5.74, 6) is 1.73. The third-order valence-corrected chi connectivity index (χ3v) is 8.27. The number of allylic oxidation sites excluding steroid dienone is 2. The van der Waals surface area contributed by atoms with Gasteiger partial charge in [-0.05, 0) is 44.8 Å². The van der Waals surface area contributed by atoms with Crippen LogP contribution in [0.1, 0.15) is 19.4 Å². The molecular formula is C14H14Na2O3P2. The molecule has 0 N–H and O–H groups in total. The van der Waals surface area contributed by atoms with Crippen LogP contribution >= 0.6 is 15.5 Å². The minimum Gasteiger partial charge on any atom is -0.808 e. The number of hydrogen-bond donors (Lipinski definition) is 0. The smallest absolute Gasteiger partial charge is 0.808 e. The molecule has 2 heterocycles. The second kappa shape index (κ2) is 7.03. The van der Waals surface area contributed by atoms with Crippen molar-refractivity contribution in [3.63, 3.8) is 0 Å². The van der Waals surface area contributed by atoms with E-state index in [1.807, 2.05) is 44.2 Å². The van der Waals surface area contributed by atoms with Crippen molar-refractivity contribution in [2.24, 2.45) is 5.41 Å². The molecule has 0 amide bonds. The van der Waals surface area contributed by atoms with Gasteiger partial charge in [0.2, 0.25) is 0 Å². The first-order valence-electron chi connectivity index (χ1n) is 6.12. The third kappa shape index (κ3) is 3.39. The second-order valence-electron chi connectivity index (χ2n) is 5.31. The molecule has 21 heavy (non-hydrogen) atoms. The fourth-order valence-electron chi connectivity index (χ4n) is 3.04. The molecule has 0 aliphatic carbocycles. The maximum Gasteiger partial charge on any atom is 1.00 e. The first-order valence-corrected chi connectivity index (χ1v) is 9.26. The number of rotatable bonds is 2. The zero-order chi connectivity index (χ0) is 13.8. The molecular weight excluding hydrogens is 324 g/mol. The fraction of sp³-hybridized carbons (Fsp3) is 0.286. The molecule has 0 fully saturated rings. The topological polar surface area (TPSA) is 63.2 Å². The van der Waals surface area contributed by atoms with Crippen molar-refractivity contribution in [1.29, 1.82) is 0 Å². The molecule has 0 aromatic heterocycles. The Balaban J connectivity index is 0.00000110. The van der Waals surface area contributed by atoms with E-state index in [1.54, 1.807) is 5.82 Å². The zero-order valence-corrected chi connectivity index (χ0v) is 18.6. The van der Waals surface area contributed by atoms with E-state index >= 15 is 0 Å². The molecule has 2 unspecified atom stereocenters. The molecule has 1 aromatic carbocycles. The van der Waals surface area contributed by atoms with Gasteiger partial charge in [0.1, 0.15) is 0 Å². The Morgan fingerprint density at radius 3 is 2.24 bits per heavy atom. The predicted octanol–water partition coefficient (Wildman–Crippen LogP) is -3.30. The van der Waals surface area contributed by atoms with Gasteiger partial charge in [-0.15, -0.1) is 0 Å². The molecule has 0 saturated carbocycles. The van der Waals surface area contributed by atoms with Crippen LogP contribution in [-0.2, 0) is 4.57 Å². The normalized spacial score (nSPS) is 27.0. The Bertz CT molecular complexity index is 651. The van der Waals surface area contributed by atoms with Crippen LogP contribution < -0.4 is 68.9 Å². The largest absolute Gasteiger partial charge is 1.00 e. The van der Waals surface area contributed by atoms with Crippen LogP contribution in [0, 0.1) is 5.41 Å². The SMILES string of the molecule is CC1=C(c2ccccc2)P2C=C(P(=O)([O-])[O-])C1(C)C2.[Na+].[Na+]. The Labute approximate surface area is 170 Å². The molecule has 7 heteroatoms. The molecule has 1 aromatic rings. The zero-order valence-electron chi connectivity index (χ0n) is 12.8. The van der Waals surface area contributed by atoms with Crippen LogP contribution in [-0.4, -0.2) is 6.16 Å². The number of fused-ring (bicyclic) bond motifs is 2. The van der Waals surface area contributed by atoms with Gasteiger partial charge in [0.15, 0.2) is 0 Å². The third-order valence-electron chi connectivity index (χ3n) is 4.14. The van der Waals surface area contributed by atoms with Gasteiger partial charge in [-0.1, -0.05) is 48.6 Å². The van der Waals surface area contributed by atoms with Crippen molar-refractivity contribution in [3.05, 3.63) is 52.6 Å².